The zero-order chi connectivity index (χ0) is 51.9. The smallest absolute Gasteiger partial charge is 0.252 e. The van der Waals surface area contributed by atoms with Crippen LogP contribution in [0.15, 0.2) is 206 Å². The van der Waals surface area contributed by atoms with Crippen molar-refractivity contribution in [1.82, 2.24) is 0 Å². The molecule has 9 aromatic carbocycles. The third-order valence-corrected chi connectivity index (χ3v) is 21.4. The molecule has 9 aromatic rings. The van der Waals surface area contributed by atoms with E-state index in [0.29, 0.717) is 24.2 Å². The Morgan fingerprint density at radius 2 is 0.525 bits per heavy atom. The summed E-state index contributed by atoms with van der Waals surface area (Å²) < 4.78 is 0. The van der Waals surface area contributed by atoms with Crippen LogP contribution < -0.4 is 62.2 Å². The van der Waals surface area contributed by atoms with Crippen molar-refractivity contribution < 1.29 is 0 Å². The van der Waals surface area contributed by atoms with Gasteiger partial charge >= 0.3 is 0 Å². The maximum absolute atomic E-state index is 2.93. The highest BCUT2D eigenvalue weighted by molar-refractivity contribution is 7.03. The molecule has 8 heteroatoms. The van der Waals surface area contributed by atoms with Gasteiger partial charge in [-0.1, -0.05) is 115 Å². The van der Waals surface area contributed by atoms with Crippen LogP contribution in [-0.2, 0) is 0 Å². The van der Waals surface area contributed by atoms with Crippen LogP contribution in [0.2, 0.25) is 0 Å². The van der Waals surface area contributed by atoms with E-state index in [1.54, 1.807) is 0 Å². The van der Waals surface area contributed by atoms with Crippen LogP contribution in [0.5, 0.6) is 0 Å². The molecule has 0 unspecified atom stereocenters. The predicted octanol–water partition coefficient (Wildman–Crippen LogP) is 13.4. The molecule has 0 atom stereocenters. The minimum Gasteiger partial charge on any atom is -0.365 e. The van der Waals surface area contributed by atoms with Gasteiger partial charge in [0.15, 0.2) is 0 Å². The van der Waals surface area contributed by atoms with E-state index in [1.165, 1.54) is 177 Å². The van der Waals surface area contributed by atoms with E-state index in [2.05, 4.69) is 236 Å². The Labute approximate surface area is 471 Å². The zero-order valence-electron chi connectivity index (χ0n) is 45.2. The first-order valence-electron chi connectivity index (χ1n) is 30.3. The second-order valence-corrected chi connectivity index (χ2v) is 25.7. The fourth-order valence-corrected chi connectivity index (χ4v) is 19.0. The standard InChI is InChI=1S/C72H62B2N6/c1-5-17-49(18-6-1)77-63-27-15-13-25-59(63)73-61-43-62-66(44-65(61)79(51-21-9-3-10-22-51)69-41-57(39-67(77)71(69)73)75-53-31-45-29-46(33-53)34-54(75)32-45)80(52-23-11-4-12-24-52)70-42-58(76-55-35-47-30-48(37-55)38-56(76)36-47)40-68-72(70)74(62)60-26-14-16-28-64(60)78(68)50-19-7-2-8-20-50/h1-28,39-48,53-56H,29-38H2. The number of rotatable bonds is 6. The van der Waals surface area contributed by atoms with Crippen molar-refractivity contribution in [3.8, 4) is 0 Å². The lowest BCUT2D eigenvalue weighted by molar-refractivity contribution is 0.0899. The molecule has 4 saturated carbocycles. The number of fused-ring (bicyclic) bond motifs is 8. The number of hydrogen-bond donors (Lipinski definition) is 0. The average molecular weight is 1030 g/mol. The summed E-state index contributed by atoms with van der Waals surface area (Å²) in [6, 6.07) is 82.3. The van der Waals surface area contributed by atoms with E-state index >= 15 is 0 Å². The van der Waals surface area contributed by atoms with Crippen LogP contribution in [0.4, 0.5) is 79.6 Å². The van der Waals surface area contributed by atoms with Gasteiger partial charge in [0.2, 0.25) is 0 Å². The Kier molecular flexibility index (Phi) is 9.36. The summed E-state index contributed by atoms with van der Waals surface area (Å²) in [5, 5.41) is 0. The molecule has 0 aromatic heterocycles. The number of nitrogens with zero attached hydrogens (tertiary/aromatic N) is 6. The highest BCUT2D eigenvalue weighted by Gasteiger charge is 2.53. The van der Waals surface area contributed by atoms with Crippen LogP contribution in [0.1, 0.15) is 64.2 Å². The first-order valence-corrected chi connectivity index (χ1v) is 30.3. The Morgan fingerprint density at radius 3 is 0.850 bits per heavy atom. The monoisotopic (exact) mass is 1030 g/mol. The van der Waals surface area contributed by atoms with Crippen molar-refractivity contribution in [2.45, 2.75) is 88.4 Å². The van der Waals surface area contributed by atoms with Crippen molar-refractivity contribution in [2.75, 3.05) is 29.4 Å². The molecule has 8 heterocycles. The number of benzene rings is 9. The second-order valence-electron chi connectivity index (χ2n) is 25.7. The maximum atomic E-state index is 2.93. The van der Waals surface area contributed by atoms with Gasteiger partial charge in [0, 0.05) is 104 Å². The van der Waals surface area contributed by atoms with Gasteiger partial charge in [-0.2, -0.15) is 0 Å². The van der Waals surface area contributed by atoms with Crippen molar-refractivity contribution >= 4 is 126 Å². The van der Waals surface area contributed by atoms with E-state index in [0.717, 1.165) is 23.7 Å². The van der Waals surface area contributed by atoms with Gasteiger partial charge in [0.25, 0.3) is 13.4 Å². The molecule has 4 aliphatic carbocycles. The molecule has 386 valence electrons. The van der Waals surface area contributed by atoms with Gasteiger partial charge in [0.1, 0.15) is 0 Å². The Morgan fingerprint density at radius 1 is 0.237 bits per heavy atom. The van der Waals surface area contributed by atoms with Gasteiger partial charge in [-0.05, 0) is 212 Å². The normalized spacial score (nSPS) is 25.3. The van der Waals surface area contributed by atoms with E-state index in [4.69, 9.17) is 0 Å². The lowest BCUT2D eigenvalue weighted by Crippen LogP contribution is -2.65. The van der Waals surface area contributed by atoms with Crippen molar-refractivity contribution in [1.29, 1.82) is 0 Å². The topological polar surface area (TPSA) is 19.4 Å². The summed E-state index contributed by atoms with van der Waals surface area (Å²) in [6.45, 7) is -0.0338. The molecule has 0 radical (unpaired) electrons. The maximum Gasteiger partial charge on any atom is 0.252 e. The molecule has 0 spiro atoms. The highest BCUT2D eigenvalue weighted by Crippen LogP contribution is 2.56. The summed E-state index contributed by atoms with van der Waals surface area (Å²) in [6.07, 6.45) is 13.4. The van der Waals surface area contributed by atoms with Gasteiger partial charge in [-0.3, -0.25) is 0 Å². The Bertz CT molecular complexity index is 3690. The molecule has 0 amide bonds. The van der Waals surface area contributed by atoms with Crippen molar-refractivity contribution in [3.63, 3.8) is 0 Å². The first-order chi connectivity index (χ1) is 39.6. The van der Waals surface area contributed by atoms with Crippen LogP contribution >= 0.6 is 0 Å². The molecule has 6 nitrogen and oxygen atoms in total. The fourth-order valence-electron chi connectivity index (χ4n) is 19.0. The lowest BCUT2D eigenvalue weighted by atomic mass is 9.30. The van der Waals surface area contributed by atoms with Crippen LogP contribution in [0, 0.1) is 23.7 Å². The number of anilines is 14. The second kappa shape index (κ2) is 16.7. The summed E-state index contributed by atoms with van der Waals surface area (Å²) in [5.74, 6) is 3.47. The molecule has 12 aliphatic rings. The fraction of sp³-hybridized carbons (Fsp3) is 0.250. The summed E-state index contributed by atoms with van der Waals surface area (Å²) >= 11 is 0. The van der Waals surface area contributed by atoms with Crippen LogP contribution in [-0.4, -0.2) is 37.6 Å². The number of piperidine rings is 4. The Balaban J connectivity index is 0.905. The molecule has 8 aliphatic heterocycles. The molecule has 8 bridgehead atoms. The van der Waals surface area contributed by atoms with E-state index < -0.39 is 0 Å². The Hall–Kier alpha value is -8.09. The molecule has 0 N–H and O–H groups in total. The quantitative estimate of drug-likeness (QED) is 0.154. The van der Waals surface area contributed by atoms with Gasteiger partial charge < -0.3 is 29.4 Å². The molecule has 80 heavy (non-hydrogen) atoms. The van der Waals surface area contributed by atoms with Crippen molar-refractivity contribution in [2.24, 2.45) is 23.7 Å². The lowest BCUT2D eigenvalue weighted by Gasteiger charge is -2.58. The average Bonchev–Trinajstić information content (AvgIpc) is 3.24. The van der Waals surface area contributed by atoms with Gasteiger partial charge in [0.05, 0.1) is 0 Å². The van der Waals surface area contributed by atoms with Crippen LogP contribution in [0.25, 0.3) is 0 Å². The van der Waals surface area contributed by atoms with E-state index in [1.807, 2.05) is 0 Å². The SMILES string of the molecule is c1ccc(N2c3ccccc3B3c4cc5c(cc4N(c4ccccc4)c4cc(N6C7CC8CC(C7)CC6C8)cc2c43)N(c2ccccc2)c2cc(N3C4CC6CC(C4)CC3C6)cc3c2B5c2ccccc2N3c2ccccc2)cc1. The first kappa shape index (κ1) is 44.7. The molecule has 4 saturated heterocycles. The number of hydrogen-bond acceptors (Lipinski definition) is 6. The largest absolute Gasteiger partial charge is 0.365 e. The van der Waals surface area contributed by atoms with E-state index in [9.17, 15) is 0 Å². The molecular formula is C72H62B2N6. The minimum absolute atomic E-state index is 0.0169. The predicted molar refractivity (Wildman–Crippen MR) is 335 cm³/mol. The third kappa shape index (κ3) is 6.28. The third-order valence-electron chi connectivity index (χ3n) is 21.4. The van der Waals surface area contributed by atoms with Crippen LogP contribution in [0.3, 0.4) is 0 Å². The minimum atomic E-state index is -0.0169. The number of para-hydroxylation sites is 6. The van der Waals surface area contributed by atoms with Gasteiger partial charge in [-0.25, -0.2) is 0 Å². The van der Waals surface area contributed by atoms with E-state index in [-0.39, 0.29) is 13.4 Å². The molecular weight excluding hydrogens is 970 g/mol. The highest BCUT2D eigenvalue weighted by atomic mass is 15.3. The molecule has 8 fully saturated rings. The summed E-state index contributed by atoms with van der Waals surface area (Å²) in [5.41, 5.74) is 26.0. The zero-order valence-corrected chi connectivity index (χ0v) is 45.2. The summed E-state index contributed by atoms with van der Waals surface area (Å²) in [4.78, 5) is 16.5. The van der Waals surface area contributed by atoms with Crippen molar-refractivity contribution in [3.05, 3.63) is 206 Å². The molecule has 21 rings (SSSR count). The van der Waals surface area contributed by atoms with Gasteiger partial charge in [-0.15, -0.1) is 0 Å². The summed E-state index contributed by atoms with van der Waals surface area (Å²) in [7, 11) is 0.